The van der Waals surface area contributed by atoms with Gasteiger partial charge in [0.15, 0.2) is 0 Å². The monoisotopic (exact) mass is 450 g/mol. The molecule has 0 saturated carbocycles. The number of fused-ring (bicyclic) bond motifs is 1. The molecule has 1 amide bonds. The number of nitrogens with one attached hydrogen (secondary N) is 1. The van der Waals surface area contributed by atoms with Gasteiger partial charge in [0.2, 0.25) is 0 Å². The molecule has 158 valence electrons. The van der Waals surface area contributed by atoms with Crippen LogP contribution < -0.4 is 10.9 Å². The number of aromatic nitrogens is 2. The zero-order chi connectivity index (χ0) is 22.0. The lowest BCUT2D eigenvalue weighted by atomic mass is 10.1. The quantitative estimate of drug-likeness (QED) is 0.454. The zero-order valence-corrected chi connectivity index (χ0v) is 18.9. The van der Waals surface area contributed by atoms with Crippen molar-refractivity contribution in [3.8, 4) is 0 Å². The average molecular weight is 451 g/mol. The normalized spacial score (nSPS) is 15.3. The molecular weight excluding hydrogens is 428 g/mol. The largest absolute Gasteiger partial charge is 0.372 e. The first-order chi connectivity index (χ1) is 15.0. The fourth-order valence-corrected chi connectivity index (χ4v) is 4.83. The smallest absolute Gasteiger partial charge is 0.267 e. The maximum Gasteiger partial charge on any atom is 0.267 e. The zero-order valence-electron chi connectivity index (χ0n) is 17.3. The van der Waals surface area contributed by atoms with Crippen molar-refractivity contribution >= 4 is 51.7 Å². The highest BCUT2D eigenvalue weighted by Crippen LogP contribution is 2.33. The van der Waals surface area contributed by atoms with Crippen LogP contribution in [0.2, 0.25) is 0 Å². The lowest BCUT2D eigenvalue weighted by Crippen LogP contribution is -2.29. The summed E-state index contributed by atoms with van der Waals surface area (Å²) in [6, 6.07) is 13.9. The molecule has 31 heavy (non-hydrogen) atoms. The third-order valence-electron chi connectivity index (χ3n) is 5.16. The van der Waals surface area contributed by atoms with E-state index in [1.165, 1.54) is 21.7 Å². The van der Waals surface area contributed by atoms with E-state index in [2.05, 4.69) is 22.4 Å². The van der Waals surface area contributed by atoms with E-state index in [4.69, 9.17) is 12.2 Å². The topological polar surface area (TPSA) is 66.7 Å². The molecule has 1 aliphatic heterocycles. The molecule has 0 unspecified atom stereocenters. The number of rotatable bonds is 6. The molecule has 0 spiro atoms. The van der Waals surface area contributed by atoms with Crippen molar-refractivity contribution < 1.29 is 4.79 Å². The Morgan fingerprint density at radius 3 is 2.68 bits per heavy atom. The van der Waals surface area contributed by atoms with Gasteiger partial charge in [-0.2, -0.15) is 0 Å². The van der Waals surface area contributed by atoms with Crippen LogP contribution in [0.5, 0.6) is 0 Å². The molecule has 4 rings (SSSR count). The van der Waals surface area contributed by atoms with Crippen LogP contribution in [0.25, 0.3) is 11.7 Å². The second kappa shape index (κ2) is 9.03. The van der Waals surface area contributed by atoms with E-state index in [0.29, 0.717) is 32.8 Å². The standard InChI is InChI=1S/C23H22N4O2S2/c1-15-8-6-12-26-20(15)25-19(24-2)17(21(26)28)14-18-22(29)27(23(30)31-18)13-7-11-16-9-4-3-5-10-16/h3-6,8-10,12,14,24H,7,11,13H2,1-2H3. The summed E-state index contributed by atoms with van der Waals surface area (Å²) >= 11 is 6.67. The molecule has 1 N–H and O–H groups in total. The number of thioether (sulfide) groups is 1. The fourth-order valence-electron chi connectivity index (χ4n) is 3.54. The second-order valence-corrected chi connectivity index (χ2v) is 8.91. The first-order valence-electron chi connectivity index (χ1n) is 9.98. The van der Waals surface area contributed by atoms with Gasteiger partial charge in [-0.05, 0) is 43.0 Å². The third kappa shape index (κ3) is 4.26. The molecule has 1 saturated heterocycles. The Balaban J connectivity index is 1.60. The van der Waals surface area contributed by atoms with E-state index >= 15 is 0 Å². The van der Waals surface area contributed by atoms with Crippen molar-refractivity contribution in [2.45, 2.75) is 19.8 Å². The van der Waals surface area contributed by atoms with Crippen LogP contribution in [-0.4, -0.2) is 38.1 Å². The lowest BCUT2D eigenvalue weighted by Gasteiger charge is -2.14. The third-order valence-corrected chi connectivity index (χ3v) is 6.54. The first-order valence-corrected chi connectivity index (χ1v) is 11.2. The Morgan fingerprint density at radius 2 is 1.94 bits per heavy atom. The summed E-state index contributed by atoms with van der Waals surface area (Å²) in [5, 5.41) is 2.98. The van der Waals surface area contributed by atoms with Gasteiger partial charge < -0.3 is 5.32 Å². The van der Waals surface area contributed by atoms with Gasteiger partial charge in [-0.15, -0.1) is 0 Å². The van der Waals surface area contributed by atoms with Crippen LogP contribution in [0.1, 0.15) is 23.1 Å². The molecular formula is C23H22N4O2S2. The van der Waals surface area contributed by atoms with E-state index in [9.17, 15) is 9.59 Å². The van der Waals surface area contributed by atoms with E-state index in [0.717, 1.165) is 18.4 Å². The Hall–Kier alpha value is -2.97. The SMILES string of the molecule is CNc1nc2c(C)cccn2c(=O)c1C=C1SC(=S)N(CCCc2ccccc2)C1=O. The first kappa shape index (κ1) is 21.3. The summed E-state index contributed by atoms with van der Waals surface area (Å²) < 4.78 is 2.02. The molecule has 1 aliphatic rings. The fraction of sp³-hybridized carbons (Fsp3) is 0.217. The summed E-state index contributed by atoms with van der Waals surface area (Å²) in [6.07, 6.45) is 4.97. The van der Waals surface area contributed by atoms with Crippen molar-refractivity contribution in [1.29, 1.82) is 0 Å². The number of anilines is 1. The molecule has 0 radical (unpaired) electrons. The van der Waals surface area contributed by atoms with Gasteiger partial charge in [0.05, 0.1) is 10.5 Å². The Labute approximate surface area is 190 Å². The van der Waals surface area contributed by atoms with E-state index in [1.807, 2.05) is 31.2 Å². The number of carbonyl (C=O) groups excluding carboxylic acids is 1. The van der Waals surface area contributed by atoms with Gasteiger partial charge in [-0.3, -0.25) is 18.9 Å². The van der Waals surface area contributed by atoms with Gasteiger partial charge in [-0.25, -0.2) is 4.98 Å². The second-order valence-electron chi connectivity index (χ2n) is 7.24. The molecule has 6 nitrogen and oxygen atoms in total. The van der Waals surface area contributed by atoms with Crippen molar-refractivity contribution in [2.75, 3.05) is 18.9 Å². The minimum absolute atomic E-state index is 0.168. The molecule has 0 aliphatic carbocycles. The lowest BCUT2D eigenvalue weighted by molar-refractivity contribution is -0.122. The minimum Gasteiger partial charge on any atom is -0.372 e. The number of hydrogen-bond donors (Lipinski definition) is 1. The van der Waals surface area contributed by atoms with Crippen molar-refractivity contribution in [1.82, 2.24) is 14.3 Å². The highest BCUT2D eigenvalue weighted by Gasteiger charge is 2.32. The van der Waals surface area contributed by atoms with Crippen LogP contribution >= 0.6 is 24.0 Å². The Kier molecular flexibility index (Phi) is 6.20. The van der Waals surface area contributed by atoms with E-state index < -0.39 is 0 Å². The van der Waals surface area contributed by atoms with Crippen LogP contribution in [0, 0.1) is 6.92 Å². The molecule has 1 fully saturated rings. The molecule has 2 aromatic heterocycles. The molecule has 3 heterocycles. The molecule has 3 aromatic rings. The van der Waals surface area contributed by atoms with E-state index in [-0.39, 0.29) is 11.5 Å². The molecule has 1 aromatic carbocycles. The maximum atomic E-state index is 13.1. The highest BCUT2D eigenvalue weighted by atomic mass is 32.2. The number of benzene rings is 1. The number of pyridine rings is 1. The summed E-state index contributed by atoms with van der Waals surface area (Å²) in [6.45, 7) is 2.45. The van der Waals surface area contributed by atoms with Crippen molar-refractivity contribution in [3.63, 3.8) is 0 Å². The highest BCUT2D eigenvalue weighted by molar-refractivity contribution is 8.26. The van der Waals surface area contributed by atoms with Gasteiger partial charge >= 0.3 is 0 Å². The Morgan fingerprint density at radius 1 is 1.16 bits per heavy atom. The number of amides is 1. The summed E-state index contributed by atoms with van der Waals surface area (Å²) in [7, 11) is 1.71. The van der Waals surface area contributed by atoms with E-state index in [1.54, 1.807) is 30.3 Å². The molecule has 0 bridgehead atoms. The summed E-state index contributed by atoms with van der Waals surface area (Å²) in [5.74, 6) is 0.271. The van der Waals surface area contributed by atoms with Gasteiger partial charge in [0, 0.05) is 19.8 Å². The number of aryl methyl sites for hydroxylation is 2. The number of carbonyl (C=O) groups is 1. The predicted octanol–water partition coefficient (Wildman–Crippen LogP) is 3.88. The van der Waals surface area contributed by atoms with Gasteiger partial charge in [-0.1, -0.05) is 60.4 Å². The number of nitrogens with zero attached hydrogens (tertiary/aromatic N) is 3. The number of hydrogen-bond acceptors (Lipinski definition) is 6. The van der Waals surface area contributed by atoms with Crippen LogP contribution in [0.15, 0.2) is 58.4 Å². The van der Waals surface area contributed by atoms with Crippen molar-refractivity contribution in [3.05, 3.63) is 80.6 Å². The Bertz CT molecular complexity index is 1250. The number of thiocarbonyl (C=S) groups is 1. The summed E-state index contributed by atoms with van der Waals surface area (Å²) in [4.78, 5) is 32.7. The maximum absolute atomic E-state index is 13.1. The minimum atomic E-state index is -0.229. The molecule has 8 heteroatoms. The van der Waals surface area contributed by atoms with Crippen LogP contribution in [0.4, 0.5) is 5.82 Å². The summed E-state index contributed by atoms with van der Waals surface area (Å²) in [5.41, 5.74) is 2.82. The average Bonchev–Trinajstić information content (AvgIpc) is 3.04. The van der Waals surface area contributed by atoms with Gasteiger partial charge in [0.25, 0.3) is 11.5 Å². The van der Waals surface area contributed by atoms with Crippen LogP contribution in [-0.2, 0) is 11.2 Å². The van der Waals surface area contributed by atoms with Crippen LogP contribution in [0.3, 0.4) is 0 Å². The van der Waals surface area contributed by atoms with Crippen molar-refractivity contribution in [2.24, 2.45) is 0 Å². The predicted molar refractivity (Wildman–Crippen MR) is 130 cm³/mol. The van der Waals surface area contributed by atoms with Gasteiger partial charge in [0.1, 0.15) is 15.8 Å². The molecule has 0 atom stereocenters.